The van der Waals surface area contributed by atoms with E-state index >= 15 is 0 Å². The predicted molar refractivity (Wildman–Crippen MR) is 85.4 cm³/mol. The van der Waals surface area contributed by atoms with Crippen molar-refractivity contribution in [1.29, 1.82) is 5.26 Å². The molecule has 0 fully saturated rings. The van der Waals surface area contributed by atoms with Crippen molar-refractivity contribution in [1.82, 2.24) is 0 Å². The van der Waals surface area contributed by atoms with Crippen molar-refractivity contribution in [2.24, 2.45) is 0 Å². The van der Waals surface area contributed by atoms with Crippen molar-refractivity contribution in [3.05, 3.63) is 46.3 Å². The van der Waals surface area contributed by atoms with Gasteiger partial charge in [-0.2, -0.15) is 5.26 Å². The van der Waals surface area contributed by atoms with Crippen LogP contribution in [0.2, 0.25) is 0 Å². The Bertz CT molecular complexity index is 792. The smallest absolute Gasteiger partial charge is 0.342 e. The zero-order valence-electron chi connectivity index (χ0n) is 12.5. The molecule has 0 spiro atoms. The Balaban J connectivity index is 2.05. The summed E-state index contributed by atoms with van der Waals surface area (Å²) >= 11 is 1.20. The number of esters is 1. The third kappa shape index (κ3) is 3.67. The third-order valence-electron chi connectivity index (χ3n) is 3.13. The summed E-state index contributed by atoms with van der Waals surface area (Å²) in [5.74, 6) is -1.51. The molecule has 1 atom stereocenters. The van der Waals surface area contributed by atoms with Gasteiger partial charge < -0.3 is 15.2 Å². The summed E-state index contributed by atoms with van der Waals surface area (Å²) in [6, 6.07) is 8.23. The Morgan fingerprint density at radius 3 is 2.83 bits per heavy atom. The van der Waals surface area contributed by atoms with E-state index in [-0.39, 0.29) is 11.3 Å². The van der Waals surface area contributed by atoms with E-state index in [1.807, 2.05) is 6.07 Å². The first kappa shape index (κ1) is 16.5. The molecule has 0 aliphatic heterocycles. The number of phenols is 1. The number of aromatic hydroxyl groups is 1. The standard InChI is InChI=1S/C16H14N2O4S/c1-9-4-3-5-12(13(9)19)16(21)22-10(2)14(20)18-15-11(8-17)6-7-23-15/h3-7,10,19H,1-2H3,(H,18,20). The summed E-state index contributed by atoms with van der Waals surface area (Å²) < 4.78 is 5.07. The van der Waals surface area contributed by atoms with E-state index in [1.54, 1.807) is 30.5 Å². The van der Waals surface area contributed by atoms with Crippen LogP contribution in [0.4, 0.5) is 5.00 Å². The van der Waals surface area contributed by atoms with Crippen molar-refractivity contribution in [3.63, 3.8) is 0 Å². The fraction of sp³-hybridized carbons (Fsp3) is 0.188. The molecule has 0 aliphatic carbocycles. The molecule has 1 unspecified atom stereocenters. The van der Waals surface area contributed by atoms with Crippen LogP contribution in [0.25, 0.3) is 0 Å². The Labute approximate surface area is 136 Å². The lowest BCUT2D eigenvalue weighted by atomic mass is 10.1. The topological polar surface area (TPSA) is 99.4 Å². The number of carbonyl (C=O) groups excluding carboxylic acids is 2. The molecule has 0 saturated heterocycles. The third-order valence-corrected chi connectivity index (χ3v) is 3.96. The first-order chi connectivity index (χ1) is 10.9. The highest BCUT2D eigenvalue weighted by molar-refractivity contribution is 7.14. The van der Waals surface area contributed by atoms with Crippen LogP contribution in [0.3, 0.4) is 0 Å². The van der Waals surface area contributed by atoms with Gasteiger partial charge >= 0.3 is 5.97 Å². The van der Waals surface area contributed by atoms with E-state index < -0.39 is 18.0 Å². The molecule has 1 aromatic carbocycles. The highest BCUT2D eigenvalue weighted by Crippen LogP contribution is 2.24. The molecule has 118 valence electrons. The molecule has 7 heteroatoms. The highest BCUT2D eigenvalue weighted by atomic mass is 32.1. The Morgan fingerprint density at radius 2 is 2.13 bits per heavy atom. The summed E-state index contributed by atoms with van der Waals surface area (Å²) in [6.07, 6.45) is -1.07. The zero-order chi connectivity index (χ0) is 17.0. The van der Waals surface area contributed by atoms with E-state index in [4.69, 9.17) is 10.00 Å². The second-order valence-electron chi connectivity index (χ2n) is 4.78. The maximum absolute atomic E-state index is 12.0. The maximum Gasteiger partial charge on any atom is 0.342 e. The predicted octanol–water partition coefficient (Wildman–Crippen LogP) is 2.82. The molecule has 0 radical (unpaired) electrons. The number of aryl methyl sites for hydroxylation is 1. The minimum Gasteiger partial charge on any atom is -0.507 e. The van der Waals surface area contributed by atoms with Gasteiger partial charge in [-0.15, -0.1) is 11.3 Å². The number of hydrogen-bond acceptors (Lipinski definition) is 6. The lowest BCUT2D eigenvalue weighted by Crippen LogP contribution is -2.30. The summed E-state index contributed by atoms with van der Waals surface area (Å²) in [5.41, 5.74) is 0.880. The van der Waals surface area contributed by atoms with E-state index in [0.29, 0.717) is 16.1 Å². The van der Waals surface area contributed by atoms with Gasteiger partial charge in [0.15, 0.2) is 6.10 Å². The number of rotatable bonds is 4. The number of para-hydroxylation sites is 1. The largest absolute Gasteiger partial charge is 0.507 e. The molecule has 2 N–H and O–H groups in total. The summed E-state index contributed by atoms with van der Waals surface area (Å²) in [7, 11) is 0. The van der Waals surface area contributed by atoms with Crippen LogP contribution >= 0.6 is 11.3 Å². The molecule has 0 saturated carbocycles. The fourth-order valence-corrected chi connectivity index (χ4v) is 2.55. The van der Waals surface area contributed by atoms with E-state index in [9.17, 15) is 14.7 Å². The van der Waals surface area contributed by atoms with Crippen molar-refractivity contribution >= 4 is 28.2 Å². The molecule has 1 heterocycles. The number of nitriles is 1. The molecular weight excluding hydrogens is 316 g/mol. The van der Waals surface area contributed by atoms with Crippen LogP contribution in [0, 0.1) is 18.3 Å². The van der Waals surface area contributed by atoms with Crippen molar-refractivity contribution < 1.29 is 19.4 Å². The number of phenolic OH excluding ortho intramolecular Hbond substituents is 1. The van der Waals surface area contributed by atoms with Crippen LogP contribution in [-0.2, 0) is 9.53 Å². The zero-order valence-corrected chi connectivity index (χ0v) is 13.3. The van der Waals surface area contributed by atoms with Gasteiger partial charge in [0.1, 0.15) is 22.4 Å². The quantitative estimate of drug-likeness (QED) is 0.840. The van der Waals surface area contributed by atoms with Crippen molar-refractivity contribution in [2.75, 3.05) is 5.32 Å². The van der Waals surface area contributed by atoms with Crippen LogP contribution in [0.1, 0.15) is 28.4 Å². The average Bonchev–Trinajstić information content (AvgIpc) is 2.96. The maximum atomic E-state index is 12.0. The van der Waals surface area contributed by atoms with Crippen LogP contribution in [0.5, 0.6) is 5.75 Å². The summed E-state index contributed by atoms with van der Waals surface area (Å²) in [4.78, 5) is 24.1. The van der Waals surface area contributed by atoms with Crippen molar-refractivity contribution in [2.45, 2.75) is 20.0 Å². The second-order valence-corrected chi connectivity index (χ2v) is 5.70. The molecule has 2 rings (SSSR count). The monoisotopic (exact) mass is 330 g/mol. The minimum absolute atomic E-state index is 0.00140. The Kier molecular flexibility index (Phi) is 4.98. The number of amides is 1. The number of carbonyl (C=O) groups is 2. The van der Waals surface area contributed by atoms with Gasteiger partial charge in [-0.3, -0.25) is 4.79 Å². The molecule has 6 nitrogen and oxygen atoms in total. The molecule has 23 heavy (non-hydrogen) atoms. The Hall–Kier alpha value is -2.85. The lowest BCUT2D eigenvalue weighted by Gasteiger charge is -2.14. The minimum atomic E-state index is -1.07. The lowest BCUT2D eigenvalue weighted by molar-refractivity contribution is -0.123. The molecule has 0 aliphatic rings. The van der Waals surface area contributed by atoms with Gasteiger partial charge in [0.2, 0.25) is 0 Å². The van der Waals surface area contributed by atoms with Gasteiger partial charge in [-0.1, -0.05) is 12.1 Å². The molecule has 1 aromatic heterocycles. The van der Waals surface area contributed by atoms with Gasteiger partial charge in [0, 0.05) is 0 Å². The van der Waals surface area contributed by atoms with Crippen molar-refractivity contribution in [3.8, 4) is 11.8 Å². The summed E-state index contributed by atoms with van der Waals surface area (Å²) in [5, 5.41) is 23.4. The van der Waals surface area contributed by atoms with Gasteiger partial charge in [-0.25, -0.2) is 4.79 Å². The fourth-order valence-electron chi connectivity index (χ4n) is 1.81. The molecular formula is C16H14N2O4S. The Morgan fingerprint density at radius 1 is 1.39 bits per heavy atom. The number of nitrogens with zero attached hydrogens (tertiary/aromatic N) is 1. The van der Waals surface area contributed by atoms with Gasteiger partial charge in [0.25, 0.3) is 5.91 Å². The van der Waals surface area contributed by atoms with Crippen LogP contribution < -0.4 is 5.32 Å². The molecule has 2 aromatic rings. The SMILES string of the molecule is Cc1cccc(C(=O)OC(C)C(=O)Nc2sccc2C#N)c1O. The summed E-state index contributed by atoms with van der Waals surface area (Å²) in [6.45, 7) is 3.07. The number of thiophene rings is 1. The van der Waals surface area contributed by atoms with Crippen LogP contribution in [-0.4, -0.2) is 23.1 Å². The molecule has 1 amide bonds. The number of anilines is 1. The number of ether oxygens (including phenoxy) is 1. The first-order valence-corrected chi connectivity index (χ1v) is 7.60. The van der Waals surface area contributed by atoms with E-state index in [2.05, 4.69) is 5.32 Å². The van der Waals surface area contributed by atoms with Crippen LogP contribution in [0.15, 0.2) is 29.6 Å². The van der Waals surface area contributed by atoms with Gasteiger partial charge in [0.05, 0.1) is 5.56 Å². The van der Waals surface area contributed by atoms with E-state index in [1.165, 1.54) is 24.3 Å². The molecule has 0 bridgehead atoms. The van der Waals surface area contributed by atoms with E-state index in [0.717, 1.165) is 0 Å². The van der Waals surface area contributed by atoms with Gasteiger partial charge in [-0.05, 0) is 36.9 Å². The average molecular weight is 330 g/mol. The number of nitrogens with one attached hydrogen (secondary N) is 1. The second kappa shape index (κ2) is 6.94. The number of hydrogen-bond donors (Lipinski definition) is 2. The number of benzene rings is 1. The highest BCUT2D eigenvalue weighted by Gasteiger charge is 2.22. The normalized spacial score (nSPS) is 11.3. The first-order valence-electron chi connectivity index (χ1n) is 6.72.